The lowest BCUT2D eigenvalue weighted by molar-refractivity contribution is 0.669. The topological polar surface area (TPSA) is 29.3 Å². The third-order valence-corrected chi connectivity index (χ3v) is 7.66. The first-order valence-corrected chi connectivity index (χ1v) is 13.5. The number of anilines is 3. The van der Waals surface area contributed by atoms with E-state index >= 15 is 0 Å². The smallest absolute Gasteiger partial charge is 0.149 e. The number of rotatable bonds is 4. The Kier molecular flexibility index (Phi) is 5.14. The number of hydrogen-bond donors (Lipinski definition) is 0. The molecule has 0 spiro atoms. The SMILES string of the molecule is c1ccc(N(c2ccc(-c3ccc4ccccc4c3)cc2)c2nccc3oc4cc5ccccc5cc4c23)cc1. The third kappa shape index (κ3) is 3.71. The van der Waals surface area contributed by atoms with Gasteiger partial charge in [0.05, 0.1) is 5.39 Å². The molecule has 0 amide bonds. The fourth-order valence-electron chi connectivity index (χ4n) is 5.70. The highest BCUT2D eigenvalue weighted by Gasteiger charge is 2.21. The normalized spacial score (nSPS) is 11.5. The van der Waals surface area contributed by atoms with Crippen molar-refractivity contribution in [2.45, 2.75) is 0 Å². The van der Waals surface area contributed by atoms with Crippen LogP contribution in [0.15, 0.2) is 150 Å². The van der Waals surface area contributed by atoms with Gasteiger partial charge in [-0.3, -0.25) is 4.90 Å². The molecule has 2 heterocycles. The zero-order valence-corrected chi connectivity index (χ0v) is 21.7. The second-order valence-corrected chi connectivity index (χ2v) is 10.1. The molecule has 2 aromatic heterocycles. The summed E-state index contributed by atoms with van der Waals surface area (Å²) in [4.78, 5) is 7.16. The minimum atomic E-state index is 0.823. The van der Waals surface area contributed by atoms with Crippen molar-refractivity contribution >= 4 is 60.7 Å². The Balaban J connectivity index is 1.31. The molecule has 0 fully saturated rings. The van der Waals surface area contributed by atoms with Crippen LogP contribution in [0.2, 0.25) is 0 Å². The summed E-state index contributed by atoms with van der Waals surface area (Å²) < 4.78 is 6.37. The van der Waals surface area contributed by atoms with Crippen LogP contribution < -0.4 is 4.90 Å². The van der Waals surface area contributed by atoms with Crippen LogP contribution in [0.25, 0.3) is 54.6 Å². The second-order valence-electron chi connectivity index (χ2n) is 10.1. The predicted octanol–water partition coefficient (Wildman–Crippen LogP) is 10.4. The van der Waals surface area contributed by atoms with Gasteiger partial charge in [-0.1, -0.05) is 91.0 Å². The number of benzene rings is 6. The third-order valence-electron chi connectivity index (χ3n) is 7.66. The summed E-state index contributed by atoms with van der Waals surface area (Å²) in [5.41, 5.74) is 6.13. The van der Waals surface area contributed by atoms with Crippen LogP contribution in [0.4, 0.5) is 17.2 Å². The van der Waals surface area contributed by atoms with Crippen molar-refractivity contribution in [1.82, 2.24) is 4.98 Å². The maximum Gasteiger partial charge on any atom is 0.149 e. The first-order valence-electron chi connectivity index (χ1n) is 13.5. The molecule has 0 unspecified atom stereocenters. The van der Waals surface area contributed by atoms with E-state index in [1.54, 1.807) is 0 Å². The standard InChI is InChI=1S/C37H24N2O/c1-2-12-31(13-3-1)39(32-18-16-26(17-19-32)30-15-14-25-8-4-5-9-27(25)22-30)37-36-33-23-28-10-6-7-11-29(28)24-35(33)40-34(36)20-21-38-37/h1-24H. The van der Waals surface area contributed by atoms with Crippen molar-refractivity contribution in [3.63, 3.8) is 0 Å². The zero-order chi connectivity index (χ0) is 26.5. The van der Waals surface area contributed by atoms with Crippen LogP contribution in [0.1, 0.15) is 0 Å². The summed E-state index contributed by atoms with van der Waals surface area (Å²) in [6.07, 6.45) is 1.83. The number of hydrogen-bond acceptors (Lipinski definition) is 3. The van der Waals surface area contributed by atoms with E-state index in [1.807, 2.05) is 18.3 Å². The van der Waals surface area contributed by atoms with E-state index in [0.29, 0.717) is 0 Å². The molecule has 0 bridgehead atoms. The van der Waals surface area contributed by atoms with Crippen LogP contribution in [-0.4, -0.2) is 4.98 Å². The molecule has 0 N–H and O–H groups in total. The van der Waals surface area contributed by atoms with Gasteiger partial charge in [-0.25, -0.2) is 4.98 Å². The highest BCUT2D eigenvalue weighted by Crippen LogP contribution is 2.42. The van der Waals surface area contributed by atoms with Gasteiger partial charge in [-0.15, -0.1) is 0 Å². The van der Waals surface area contributed by atoms with E-state index in [4.69, 9.17) is 9.40 Å². The summed E-state index contributed by atoms with van der Waals surface area (Å²) >= 11 is 0. The molecule has 0 radical (unpaired) electrons. The molecule has 0 aliphatic carbocycles. The molecule has 0 aliphatic heterocycles. The molecule has 40 heavy (non-hydrogen) atoms. The van der Waals surface area contributed by atoms with Crippen LogP contribution in [0.5, 0.6) is 0 Å². The van der Waals surface area contributed by atoms with Gasteiger partial charge in [0, 0.05) is 23.0 Å². The lowest BCUT2D eigenvalue weighted by atomic mass is 10.0. The Bertz CT molecular complexity index is 2160. The van der Waals surface area contributed by atoms with Crippen molar-refractivity contribution in [1.29, 1.82) is 0 Å². The van der Waals surface area contributed by atoms with Crippen molar-refractivity contribution in [3.05, 3.63) is 146 Å². The molecule has 3 nitrogen and oxygen atoms in total. The minimum absolute atomic E-state index is 0.823. The first kappa shape index (κ1) is 22.6. The van der Waals surface area contributed by atoms with Crippen molar-refractivity contribution in [2.75, 3.05) is 4.90 Å². The van der Waals surface area contributed by atoms with E-state index in [9.17, 15) is 0 Å². The van der Waals surface area contributed by atoms with Gasteiger partial charge >= 0.3 is 0 Å². The number of nitrogens with zero attached hydrogens (tertiary/aromatic N) is 2. The lowest BCUT2D eigenvalue weighted by Gasteiger charge is -2.25. The average Bonchev–Trinajstić information content (AvgIpc) is 3.39. The van der Waals surface area contributed by atoms with E-state index in [1.165, 1.54) is 27.3 Å². The Morgan fingerprint density at radius 3 is 1.88 bits per heavy atom. The summed E-state index contributed by atoms with van der Waals surface area (Å²) in [6.45, 7) is 0. The van der Waals surface area contributed by atoms with Crippen molar-refractivity contribution in [3.8, 4) is 11.1 Å². The molecule has 188 valence electrons. The Morgan fingerprint density at radius 2 is 1.10 bits per heavy atom. The Labute approximate surface area is 231 Å². The van der Waals surface area contributed by atoms with E-state index in [-0.39, 0.29) is 0 Å². The summed E-state index contributed by atoms with van der Waals surface area (Å²) in [5, 5.41) is 6.89. The van der Waals surface area contributed by atoms with Gasteiger partial charge in [0.1, 0.15) is 17.0 Å². The Hall–Kier alpha value is -5.41. The minimum Gasteiger partial charge on any atom is -0.456 e. The van der Waals surface area contributed by atoms with E-state index in [2.05, 4.69) is 132 Å². The Morgan fingerprint density at radius 1 is 0.475 bits per heavy atom. The fraction of sp³-hybridized carbons (Fsp3) is 0. The summed E-state index contributed by atoms with van der Waals surface area (Å²) in [5.74, 6) is 0.844. The van der Waals surface area contributed by atoms with E-state index < -0.39 is 0 Å². The van der Waals surface area contributed by atoms with Gasteiger partial charge in [0.2, 0.25) is 0 Å². The maximum atomic E-state index is 6.37. The van der Waals surface area contributed by atoms with Crippen molar-refractivity contribution < 1.29 is 4.42 Å². The van der Waals surface area contributed by atoms with Crippen LogP contribution >= 0.6 is 0 Å². The lowest BCUT2D eigenvalue weighted by Crippen LogP contribution is -2.11. The van der Waals surface area contributed by atoms with Crippen LogP contribution in [0.3, 0.4) is 0 Å². The zero-order valence-electron chi connectivity index (χ0n) is 21.7. The molecule has 8 aromatic rings. The summed E-state index contributed by atoms with van der Waals surface area (Å²) in [7, 11) is 0. The molecule has 8 rings (SSSR count). The molecule has 0 atom stereocenters. The molecule has 3 heteroatoms. The molecule has 0 saturated heterocycles. The first-order chi connectivity index (χ1) is 19.8. The summed E-state index contributed by atoms with van der Waals surface area (Å²) in [6, 6.07) is 48.9. The van der Waals surface area contributed by atoms with Gasteiger partial charge in [-0.2, -0.15) is 0 Å². The van der Waals surface area contributed by atoms with Crippen molar-refractivity contribution in [2.24, 2.45) is 0 Å². The highest BCUT2D eigenvalue weighted by molar-refractivity contribution is 6.15. The highest BCUT2D eigenvalue weighted by atomic mass is 16.3. The number of para-hydroxylation sites is 1. The van der Waals surface area contributed by atoms with Gasteiger partial charge in [0.15, 0.2) is 0 Å². The number of fused-ring (bicyclic) bond motifs is 5. The molecular weight excluding hydrogens is 488 g/mol. The van der Waals surface area contributed by atoms with Gasteiger partial charge in [-0.05, 0) is 81.2 Å². The van der Waals surface area contributed by atoms with Gasteiger partial charge < -0.3 is 4.42 Å². The monoisotopic (exact) mass is 512 g/mol. The molecule has 0 saturated carbocycles. The quantitative estimate of drug-likeness (QED) is 0.235. The fourth-order valence-corrected chi connectivity index (χ4v) is 5.70. The van der Waals surface area contributed by atoms with E-state index in [0.717, 1.165) is 44.5 Å². The number of aromatic nitrogens is 1. The largest absolute Gasteiger partial charge is 0.456 e. The van der Waals surface area contributed by atoms with Crippen LogP contribution in [-0.2, 0) is 0 Å². The molecular formula is C37H24N2O. The molecule has 0 aliphatic rings. The number of pyridine rings is 1. The number of furan rings is 1. The van der Waals surface area contributed by atoms with Gasteiger partial charge in [0.25, 0.3) is 0 Å². The maximum absolute atomic E-state index is 6.37. The second kappa shape index (κ2) is 9.11. The van der Waals surface area contributed by atoms with Crippen LogP contribution in [0, 0.1) is 0 Å². The predicted molar refractivity (Wildman–Crippen MR) is 167 cm³/mol. The average molecular weight is 513 g/mol. The molecule has 6 aromatic carbocycles.